The van der Waals surface area contributed by atoms with Gasteiger partial charge in [0.1, 0.15) is 11.6 Å². The zero-order chi connectivity index (χ0) is 12.3. The molecule has 4 aromatic rings. The zero-order valence-corrected chi connectivity index (χ0v) is 10.0. The summed E-state index contributed by atoms with van der Waals surface area (Å²) in [7, 11) is 0. The molecular weight excluding hydrogens is 224 g/mol. The first-order chi connectivity index (χ1) is 8.81. The molecule has 3 heteroatoms. The van der Waals surface area contributed by atoms with E-state index in [0.717, 1.165) is 39.6 Å². The van der Waals surface area contributed by atoms with Crippen LogP contribution in [0.2, 0.25) is 0 Å². The number of hydrogen-bond acceptors (Lipinski definition) is 2. The largest absolute Gasteiger partial charge is 0.507 e. The Morgan fingerprint density at radius 2 is 2.00 bits per heavy atom. The number of phenolic OH excluding ortho intramolecular Hbond substituents is 1. The molecule has 88 valence electrons. The molecule has 0 spiro atoms. The van der Waals surface area contributed by atoms with Gasteiger partial charge in [0, 0.05) is 17.2 Å². The van der Waals surface area contributed by atoms with Crippen LogP contribution in [0.1, 0.15) is 12.7 Å². The molecule has 0 aliphatic heterocycles. The molecule has 18 heavy (non-hydrogen) atoms. The second kappa shape index (κ2) is 3.13. The lowest BCUT2D eigenvalue weighted by Gasteiger charge is -1.98. The predicted molar refractivity (Wildman–Crippen MR) is 72.4 cm³/mol. The van der Waals surface area contributed by atoms with Gasteiger partial charge in [-0.1, -0.05) is 25.1 Å². The summed E-state index contributed by atoms with van der Waals surface area (Å²) in [6.45, 7) is 2.10. The monoisotopic (exact) mass is 236 g/mol. The lowest BCUT2D eigenvalue weighted by molar-refractivity contribution is 0.482. The van der Waals surface area contributed by atoms with E-state index in [-0.39, 0.29) is 0 Å². The maximum absolute atomic E-state index is 10.1. The molecule has 0 bridgehead atoms. The number of phenols is 1. The minimum atomic E-state index is 0.339. The summed E-state index contributed by atoms with van der Waals surface area (Å²) in [5.41, 5.74) is 3.15. The van der Waals surface area contributed by atoms with E-state index in [1.807, 2.05) is 30.3 Å². The number of hydrogen-bond donors (Lipinski definition) is 1. The molecular formula is C15H12N2O. The maximum Gasteiger partial charge on any atom is 0.125 e. The molecule has 1 N–H and O–H groups in total. The van der Waals surface area contributed by atoms with Crippen LogP contribution in [0.3, 0.4) is 0 Å². The Balaban J connectivity index is 2.44. The number of aryl methyl sites for hydroxylation is 1. The van der Waals surface area contributed by atoms with Crippen LogP contribution in [0.15, 0.2) is 36.4 Å². The third kappa shape index (κ3) is 0.973. The molecule has 0 amide bonds. The molecule has 2 aromatic heterocycles. The molecule has 0 unspecified atom stereocenters. The molecule has 0 aliphatic carbocycles. The van der Waals surface area contributed by atoms with Crippen molar-refractivity contribution in [3.8, 4) is 5.75 Å². The van der Waals surface area contributed by atoms with Crippen LogP contribution in [0.4, 0.5) is 0 Å². The Kier molecular flexibility index (Phi) is 1.69. The maximum atomic E-state index is 10.1. The van der Waals surface area contributed by atoms with Crippen molar-refractivity contribution < 1.29 is 5.11 Å². The SMILES string of the molecule is CCc1nc2cccc3c4c(O)cccc4n1c23. The van der Waals surface area contributed by atoms with E-state index >= 15 is 0 Å². The lowest BCUT2D eigenvalue weighted by atomic mass is 10.1. The minimum Gasteiger partial charge on any atom is -0.507 e. The Bertz CT molecular complexity index is 876. The van der Waals surface area contributed by atoms with Crippen molar-refractivity contribution >= 4 is 27.3 Å². The summed E-state index contributed by atoms with van der Waals surface area (Å²) < 4.78 is 2.17. The van der Waals surface area contributed by atoms with Gasteiger partial charge < -0.3 is 5.11 Å². The Morgan fingerprint density at radius 1 is 1.17 bits per heavy atom. The van der Waals surface area contributed by atoms with Crippen LogP contribution in [-0.2, 0) is 6.42 Å². The number of nitrogens with zero attached hydrogens (tertiary/aromatic N) is 2. The highest BCUT2D eigenvalue weighted by molar-refractivity contribution is 6.15. The first kappa shape index (κ1) is 9.71. The van der Waals surface area contributed by atoms with Crippen molar-refractivity contribution in [2.45, 2.75) is 13.3 Å². The van der Waals surface area contributed by atoms with E-state index in [1.54, 1.807) is 6.07 Å². The molecule has 0 atom stereocenters. The van der Waals surface area contributed by atoms with Gasteiger partial charge in [-0.3, -0.25) is 4.40 Å². The molecule has 0 saturated carbocycles. The molecule has 3 nitrogen and oxygen atoms in total. The molecule has 0 saturated heterocycles. The van der Waals surface area contributed by atoms with Gasteiger partial charge in [0.2, 0.25) is 0 Å². The molecule has 2 heterocycles. The summed E-state index contributed by atoms with van der Waals surface area (Å²) in [6, 6.07) is 11.7. The number of benzene rings is 2. The second-order valence-corrected chi connectivity index (χ2v) is 4.56. The fourth-order valence-corrected chi connectivity index (χ4v) is 2.86. The van der Waals surface area contributed by atoms with Crippen molar-refractivity contribution in [1.29, 1.82) is 0 Å². The number of para-hydroxylation sites is 1. The van der Waals surface area contributed by atoms with Gasteiger partial charge in [-0.05, 0) is 18.2 Å². The number of rotatable bonds is 1. The molecule has 0 radical (unpaired) electrons. The van der Waals surface area contributed by atoms with E-state index in [2.05, 4.69) is 16.3 Å². The Labute approximate surface area is 104 Å². The van der Waals surface area contributed by atoms with Crippen LogP contribution in [0.5, 0.6) is 5.75 Å². The predicted octanol–water partition coefficient (Wildman–Crippen LogP) is 3.35. The van der Waals surface area contributed by atoms with Gasteiger partial charge in [-0.25, -0.2) is 4.98 Å². The highest BCUT2D eigenvalue weighted by Gasteiger charge is 2.17. The minimum absolute atomic E-state index is 0.339. The molecule has 0 aliphatic rings. The quantitative estimate of drug-likeness (QED) is 0.550. The van der Waals surface area contributed by atoms with E-state index < -0.39 is 0 Å². The standard InChI is InChI=1S/C15H12N2O/c1-2-13-16-10-6-3-5-9-14-11(17(13)15(9)10)7-4-8-12(14)18/h3-8,18H,2H2,1H3. The average molecular weight is 236 g/mol. The lowest BCUT2D eigenvalue weighted by Crippen LogP contribution is -1.89. The van der Waals surface area contributed by atoms with Crippen molar-refractivity contribution in [1.82, 2.24) is 9.38 Å². The third-order valence-electron chi connectivity index (χ3n) is 3.59. The van der Waals surface area contributed by atoms with Crippen molar-refractivity contribution in [2.75, 3.05) is 0 Å². The molecule has 2 aromatic carbocycles. The van der Waals surface area contributed by atoms with Crippen molar-refractivity contribution in [3.63, 3.8) is 0 Å². The summed E-state index contributed by atoms with van der Waals surface area (Å²) >= 11 is 0. The Hall–Kier alpha value is -2.29. The van der Waals surface area contributed by atoms with Crippen molar-refractivity contribution in [3.05, 3.63) is 42.2 Å². The van der Waals surface area contributed by atoms with Gasteiger partial charge in [-0.2, -0.15) is 0 Å². The first-order valence-corrected chi connectivity index (χ1v) is 6.14. The van der Waals surface area contributed by atoms with E-state index in [9.17, 15) is 5.11 Å². The van der Waals surface area contributed by atoms with Crippen LogP contribution in [0.25, 0.3) is 27.3 Å². The topological polar surface area (TPSA) is 37.5 Å². The summed E-state index contributed by atoms with van der Waals surface area (Å²) in [5, 5.41) is 12.1. The molecule has 4 rings (SSSR count). The third-order valence-corrected chi connectivity index (χ3v) is 3.59. The van der Waals surface area contributed by atoms with Crippen LogP contribution >= 0.6 is 0 Å². The van der Waals surface area contributed by atoms with Gasteiger partial charge in [-0.15, -0.1) is 0 Å². The van der Waals surface area contributed by atoms with Crippen LogP contribution in [-0.4, -0.2) is 14.5 Å². The number of fused-ring (bicyclic) bond motifs is 3. The second-order valence-electron chi connectivity index (χ2n) is 4.56. The number of aromatic hydroxyl groups is 1. The van der Waals surface area contributed by atoms with E-state index in [0.29, 0.717) is 5.75 Å². The smallest absolute Gasteiger partial charge is 0.125 e. The van der Waals surface area contributed by atoms with Gasteiger partial charge >= 0.3 is 0 Å². The van der Waals surface area contributed by atoms with E-state index in [1.165, 1.54) is 0 Å². The van der Waals surface area contributed by atoms with Gasteiger partial charge in [0.05, 0.1) is 16.6 Å². The van der Waals surface area contributed by atoms with Gasteiger partial charge in [0.15, 0.2) is 0 Å². The Morgan fingerprint density at radius 3 is 2.83 bits per heavy atom. The normalized spacial score (nSPS) is 12.1. The average Bonchev–Trinajstić information content (AvgIpc) is 2.92. The van der Waals surface area contributed by atoms with Crippen molar-refractivity contribution in [2.24, 2.45) is 0 Å². The highest BCUT2D eigenvalue weighted by Crippen LogP contribution is 2.37. The fraction of sp³-hybridized carbons (Fsp3) is 0.133. The summed E-state index contributed by atoms with van der Waals surface area (Å²) in [4.78, 5) is 4.65. The highest BCUT2D eigenvalue weighted by atomic mass is 16.3. The first-order valence-electron chi connectivity index (χ1n) is 6.14. The number of imidazole rings is 1. The van der Waals surface area contributed by atoms with E-state index in [4.69, 9.17) is 0 Å². The van der Waals surface area contributed by atoms with Crippen LogP contribution < -0.4 is 0 Å². The number of aromatic nitrogens is 2. The van der Waals surface area contributed by atoms with Crippen LogP contribution in [0, 0.1) is 0 Å². The van der Waals surface area contributed by atoms with Gasteiger partial charge in [0.25, 0.3) is 0 Å². The zero-order valence-electron chi connectivity index (χ0n) is 10.0. The fourth-order valence-electron chi connectivity index (χ4n) is 2.86. The summed E-state index contributed by atoms with van der Waals surface area (Å²) in [6.07, 6.45) is 0.878. The summed E-state index contributed by atoms with van der Waals surface area (Å²) in [5.74, 6) is 1.38. The molecule has 0 fully saturated rings.